The normalized spacial score (nSPS) is 13.5. The number of aromatic nitrogens is 3. The number of para-hydroxylation sites is 3. The van der Waals surface area contributed by atoms with Crippen LogP contribution in [0.3, 0.4) is 0 Å². The molecule has 154 valence electrons. The van der Waals surface area contributed by atoms with Crippen LogP contribution in [-0.2, 0) is 24.1 Å². The first kappa shape index (κ1) is 18.3. The van der Waals surface area contributed by atoms with Gasteiger partial charge in [-0.05, 0) is 55.5 Å². The minimum Gasteiger partial charge on any atom is -0.356 e. The van der Waals surface area contributed by atoms with Crippen LogP contribution in [0.15, 0.2) is 53.1 Å². The second kappa shape index (κ2) is 7.35. The number of rotatable bonds is 4. The molecule has 0 fully saturated rings. The Balaban J connectivity index is 1.36. The number of thiophene rings is 1. The zero-order chi connectivity index (χ0) is 20.8. The highest BCUT2D eigenvalue weighted by atomic mass is 32.1. The maximum Gasteiger partial charge on any atom is 0.231 e. The zero-order valence-corrected chi connectivity index (χ0v) is 17.6. The van der Waals surface area contributed by atoms with Crippen molar-refractivity contribution in [2.24, 2.45) is 0 Å². The molecule has 6 rings (SSSR count). The first-order valence-corrected chi connectivity index (χ1v) is 11.3. The summed E-state index contributed by atoms with van der Waals surface area (Å²) in [6.45, 7) is 0. The van der Waals surface area contributed by atoms with Crippen molar-refractivity contribution in [3.8, 4) is 11.4 Å². The van der Waals surface area contributed by atoms with Crippen LogP contribution < -0.4 is 5.32 Å². The van der Waals surface area contributed by atoms with Crippen LogP contribution in [0.5, 0.6) is 0 Å². The van der Waals surface area contributed by atoms with Gasteiger partial charge in [-0.2, -0.15) is 0 Å². The third-order valence-electron chi connectivity index (χ3n) is 5.83. The molecule has 0 saturated heterocycles. The van der Waals surface area contributed by atoms with Gasteiger partial charge in [0, 0.05) is 10.3 Å². The number of nitrogens with one attached hydrogen (secondary N) is 2. The number of fused-ring (bicyclic) bond motifs is 3. The summed E-state index contributed by atoms with van der Waals surface area (Å²) < 4.78 is 5.35. The molecule has 7 heteroatoms. The van der Waals surface area contributed by atoms with Crippen molar-refractivity contribution in [3.05, 3.63) is 64.7 Å². The van der Waals surface area contributed by atoms with Gasteiger partial charge in [0.2, 0.25) is 5.91 Å². The van der Waals surface area contributed by atoms with E-state index in [4.69, 9.17) is 9.51 Å². The van der Waals surface area contributed by atoms with E-state index in [0.717, 1.165) is 52.1 Å². The fraction of sp³-hybridized carbons (Fsp3) is 0.208. The lowest BCUT2D eigenvalue weighted by Gasteiger charge is -2.12. The molecule has 0 radical (unpaired) electrons. The number of H-pyrrole nitrogens is 1. The van der Waals surface area contributed by atoms with Crippen molar-refractivity contribution in [2.45, 2.75) is 32.1 Å². The summed E-state index contributed by atoms with van der Waals surface area (Å²) in [6, 6.07) is 15.6. The number of anilines is 1. The molecule has 2 N–H and O–H groups in total. The maximum atomic E-state index is 13.0. The van der Waals surface area contributed by atoms with Crippen LogP contribution in [0, 0.1) is 0 Å². The third-order valence-corrected chi connectivity index (χ3v) is 7.04. The summed E-state index contributed by atoms with van der Waals surface area (Å²) in [7, 11) is 0. The molecule has 0 atom stereocenters. The minimum atomic E-state index is -0.102. The van der Waals surface area contributed by atoms with Crippen LogP contribution in [0.1, 0.15) is 29.0 Å². The highest BCUT2D eigenvalue weighted by Crippen LogP contribution is 2.43. The van der Waals surface area contributed by atoms with E-state index >= 15 is 0 Å². The van der Waals surface area contributed by atoms with Crippen molar-refractivity contribution in [3.63, 3.8) is 0 Å². The van der Waals surface area contributed by atoms with E-state index in [1.54, 1.807) is 11.3 Å². The molecule has 0 aliphatic heterocycles. The van der Waals surface area contributed by atoms with Crippen LogP contribution in [0.4, 0.5) is 5.00 Å². The van der Waals surface area contributed by atoms with Gasteiger partial charge in [0.25, 0.3) is 0 Å². The van der Waals surface area contributed by atoms with Gasteiger partial charge in [-0.3, -0.25) is 4.79 Å². The number of carbonyl (C=O) groups excluding carboxylic acids is 1. The van der Waals surface area contributed by atoms with E-state index in [2.05, 4.69) is 15.5 Å². The predicted octanol–water partition coefficient (Wildman–Crippen LogP) is 5.49. The van der Waals surface area contributed by atoms with E-state index in [0.29, 0.717) is 11.3 Å². The number of imidazole rings is 1. The summed E-state index contributed by atoms with van der Waals surface area (Å²) in [5, 5.41) is 8.99. The summed E-state index contributed by atoms with van der Waals surface area (Å²) >= 11 is 1.68. The third kappa shape index (κ3) is 3.21. The standard InChI is InChI=1S/C24H20N4O2S/c29-21(13-18-14-7-1-5-11-19(14)30-28-18)27-24-22(15-8-2-6-12-20(15)31-24)23-25-16-9-3-4-10-17(16)26-23/h1,3-5,7,9-11H,2,6,8,12-13H2,(H,25,26)(H,27,29). The minimum absolute atomic E-state index is 0.102. The molecular formula is C24H20N4O2S. The van der Waals surface area contributed by atoms with E-state index in [1.165, 1.54) is 16.9 Å². The molecule has 5 aromatic rings. The van der Waals surface area contributed by atoms with Crippen LogP contribution in [0.25, 0.3) is 33.4 Å². The Morgan fingerprint density at radius 2 is 1.94 bits per heavy atom. The number of hydrogen-bond acceptors (Lipinski definition) is 5. The van der Waals surface area contributed by atoms with E-state index in [-0.39, 0.29) is 12.3 Å². The summed E-state index contributed by atoms with van der Waals surface area (Å²) in [5.41, 5.74) is 5.63. The largest absolute Gasteiger partial charge is 0.356 e. The molecule has 0 saturated carbocycles. The van der Waals surface area contributed by atoms with Crippen LogP contribution in [-0.4, -0.2) is 21.0 Å². The van der Waals surface area contributed by atoms with E-state index in [9.17, 15) is 4.79 Å². The average molecular weight is 429 g/mol. The van der Waals surface area contributed by atoms with Gasteiger partial charge in [0.05, 0.1) is 23.0 Å². The number of nitrogens with zero attached hydrogens (tertiary/aromatic N) is 2. The van der Waals surface area contributed by atoms with Gasteiger partial charge < -0.3 is 14.8 Å². The quantitative estimate of drug-likeness (QED) is 0.396. The Kier molecular flexibility index (Phi) is 4.35. The molecule has 1 amide bonds. The number of aryl methyl sites for hydroxylation is 1. The summed E-state index contributed by atoms with van der Waals surface area (Å²) in [4.78, 5) is 22.6. The number of benzene rings is 2. The topological polar surface area (TPSA) is 83.8 Å². The molecule has 1 aliphatic rings. The lowest BCUT2D eigenvalue weighted by molar-refractivity contribution is -0.115. The highest BCUT2D eigenvalue weighted by Gasteiger charge is 2.25. The predicted molar refractivity (Wildman–Crippen MR) is 122 cm³/mol. The molecule has 3 aromatic heterocycles. The van der Waals surface area contributed by atoms with Crippen molar-refractivity contribution < 1.29 is 9.32 Å². The van der Waals surface area contributed by atoms with Gasteiger partial charge in [-0.25, -0.2) is 4.98 Å². The monoisotopic (exact) mass is 428 g/mol. The lowest BCUT2D eigenvalue weighted by Crippen LogP contribution is -2.14. The first-order chi connectivity index (χ1) is 15.3. The van der Waals surface area contributed by atoms with Gasteiger partial charge in [-0.15, -0.1) is 11.3 Å². The fourth-order valence-corrected chi connectivity index (χ4v) is 5.67. The van der Waals surface area contributed by atoms with Crippen molar-refractivity contribution in [2.75, 3.05) is 5.32 Å². The Bertz CT molecular complexity index is 1400. The highest BCUT2D eigenvalue weighted by molar-refractivity contribution is 7.17. The fourth-order valence-electron chi connectivity index (χ4n) is 4.36. The second-order valence-corrected chi connectivity index (χ2v) is 8.97. The maximum absolute atomic E-state index is 13.0. The first-order valence-electron chi connectivity index (χ1n) is 10.5. The number of carbonyl (C=O) groups is 1. The Hall–Kier alpha value is -3.45. The average Bonchev–Trinajstić information content (AvgIpc) is 3.48. The number of hydrogen-bond donors (Lipinski definition) is 2. The molecule has 6 nitrogen and oxygen atoms in total. The summed E-state index contributed by atoms with van der Waals surface area (Å²) in [6.07, 6.45) is 4.58. The van der Waals surface area contributed by atoms with E-state index < -0.39 is 0 Å². The molecule has 1 aliphatic carbocycles. The smallest absolute Gasteiger partial charge is 0.231 e. The molecule has 31 heavy (non-hydrogen) atoms. The Labute approximate surface area is 182 Å². The van der Waals surface area contributed by atoms with Crippen molar-refractivity contribution >= 4 is 44.2 Å². The molecule has 0 bridgehead atoms. The molecular weight excluding hydrogens is 408 g/mol. The lowest BCUT2D eigenvalue weighted by atomic mass is 9.95. The van der Waals surface area contributed by atoms with Gasteiger partial charge >= 0.3 is 0 Å². The van der Waals surface area contributed by atoms with Gasteiger partial charge in [0.15, 0.2) is 5.58 Å². The zero-order valence-electron chi connectivity index (χ0n) is 16.8. The van der Waals surface area contributed by atoms with Crippen LogP contribution >= 0.6 is 11.3 Å². The Morgan fingerprint density at radius 3 is 2.87 bits per heavy atom. The SMILES string of the molecule is O=C(Cc1noc2ccccc12)Nc1sc2c(c1-c1nc3ccccc3[nH]1)CCCC2. The number of aromatic amines is 1. The van der Waals surface area contributed by atoms with E-state index in [1.807, 2.05) is 48.5 Å². The molecule has 3 heterocycles. The van der Waals surface area contributed by atoms with Gasteiger partial charge in [0.1, 0.15) is 16.5 Å². The molecule has 0 unspecified atom stereocenters. The van der Waals surface area contributed by atoms with Crippen molar-refractivity contribution in [1.29, 1.82) is 0 Å². The second-order valence-electron chi connectivity index (χ2n) is 7.87. The van der Waals surface area contributed by atoms with Crippen molar-refractivity contribution in [1.82, 2.24) is 15.1 Å². The Morgan fingerprint density at radius 1 is 1.10 bits per heavy atom. The molecule has 2 aromatic carbocycles. The van der Waals surface area contributed by atoms with Gasteiger partial charge in [-0.1, -0.05) is 29.4 Å². The number of amides is 1. The summed E-state index contributed by atoms with van der Waals surface area (Å²) in [5.74, 6) is 0.720. The van der Waals surface area contributed by atoms with Crippen LogP contribution in [0.2, 0.25) is 0 Å². The molecule has 0 spiro atoms.